The number of ether oxygens (including phenoxy) is 2. The van der Waals surface area contributed by atoms with Gasteiger partial charge in [-0.05, 0) is 12.8 Å². The van der Waals surface area contributed by atoms with Crippen LogP contribution in [-0.4, -0.2) is 31.3 Å². The summed E-state index contributed by atoms with van der Waals surface area (Å²) in [5.41, 5.74) is -0.218. The lowest BCUT2D eigenvalue weighted by atomic mass is 10.0. The summed E-state index contributed by atoms with van der Waals surface area (Å²) in [4.78, 5) is 0. The van der Waals surface area contributed by atoms with Gasteiger partial charge in [-0.3, -0.25) is 0 Å². The zero-order valence-electron chi connectivity index (χ0n) is 7.22. The fourth-order valence-electron chi connectivity index (χ4n) is 1.34. The first kappa shape index (κ1) is 10.0. The molecule has 0 aromatic carbocycles. The molecule has 1 atom stereocenters. The van der Waals surface area contributed by atoms with Gasteiger partial charge in [-0.25, -0.2) is 0 Å². The second-order valence-corrected chi connectivity index (χ2v) is 3.34. The average molecular weight is 191 g/mol. The van der Waals surface area contributed by atoms with Gasteiger partial charge < -0.3 is 9.47 Å². The number of alkyl halides is 1. The Hall–Kier alpha value is -0.0500. The second-order valence-electron chi connectivity index (χ2n) is 3.07. The van der Waals surface area contributed by atoms with Gasteiger partial charge in [0, 0.05) is 6.61 Å². The quantitative estimate of drug-likeness (QED) is 0.375. The molecule has 1 fully saturated rings. The van der Waals surface area contributed by atoms with E-state index in [9.17, 15) is 0 Å². The van der Waals surface area contributed by atoms with Gasteiger partial charge in [0.25, 0.3) is 0 Å². The summed E-state index contributed by atoms with van der Waals surface area (Å²) in [7, 11) is 0. The monoisotopic (exact) mass is 190 g/mol. The Labute approximate surface area is 78.5 Å². The van der Waals surface area contributed by atoms with Crippen molar-refractivity contribution in [2.24, 2.45) is 0 Å². The van der Waals surface area contributed by atoms with Crippen LogP contribution in [0, 0.1) is 0 Å². The molecule has 70 valence electrons. The third kappa shape index (κ3) is 2.47. The third-order valence-corrected chi connectivity index (χ3v) is 2.52. The van der Waals surface area contributed by atoms with Crippen LogP contribution in [0.15, 0.2) is 12.7 Å². The Kier molecular flexibility index (Phi) is 4.06. The highest BCUT2D eigenvalue weighted by Crippen LogP contribution is 2.27. The normalized spacial score (nSPS) is 29.1. The van der Waals surface area contributed by atoms with Crippen LogP contribution in [0.5, 0.6) is 0 Å². The van der Waals surface area contributed by atoms with Crippen molar-refractivity contribution in [2.45, 2.75) is 18.4 Å². The molecule has 0 aromatic rings. The fraction of sp³-hybridized carbons (Fsp3) is 0.778. The van der Waals surface area contributed by atoms with Crippen LogP contribution in [0.25, 0.3) is 0 Å². The summed E-state index contributed by atoms with van der Waals surface area (Å²) in [6.07, 6.45) is 3.83. The van der Waals surface area contributed by atoms with Gasteiger partial charge in [0.15, 0.2) is 0 Å². The lowest BCUT2D eigenvalue weighted by Crippen LogP contribution is -2.35. The van der Waals surface area contributed by atoms with Gasteiger partial charge in [-0.15, -0.1) is 18.2 Å². The van der Waals surface area contributed by atoms with Crippen molar-refractivity contribution in [1.29, 1.82) is 0 Å². The minimum Gasteiger partial charge on any atom is -0.374 e. The van der Waals surface area contributed by atoms with Crippen LogP contribution in [0.1, 0.15) is 12.8 Å². The Morgan fingerprint density at radius 1 is 1.67 bits per heavy atom. The highest BCUT2D eigenvalue weighted by atomic mass is 35.5. The Morgan fingerprint density at radius 2 is 2.50 bits per heavy atom. The van der Waals surface area contributed by atoms with E-state index in [0.717, 1.165) is 19.4 Å². The first-order chi connectivity index (χ1) is 5.83. The van der Waals surface area contributed by atoms with E-state index in [1.165, 1.54) is 0 Å². The van der Waals surface area contributed by atoms with Crippen molar-refractivity contribution < 1.29 is 9.47 Å². The highest BCUT2D eigenvalue weighted by molar-refractivity contribution is 6.18. The van der Waals surface area contributed by atoms with Gasteiger partial charge in [0.2, 0.25) is 0 Å². The minimum absolute atomic E-state index is 0.218. The zero-order valence-corrected chi connectivity index (χ0v) is 7.98. The maximum atomic E-state index is 5.81. The molecule has 0 aromatic heterocycles. The molecule has 0 bridgehead atoms. The first-order valence-corrected chi connectivity index (χ1v) is 4.75. The Morgan fingerprint density at radius 3 is 3.00 bits per heavy atom. The van der Waals surface area contributed by atoms with Crippen molar-refractivity contribution in [2.75, 3.05) is 25.7 Å². The Balaban J connectivity index is 2.28. The van der Waals surface area contributed by atoms with Crippen molar-refractivity contribution >= 4 is 11.6 Å². The van der Waals surface area contributed by atoms with Gasteiger partial charge in [-0.2, -0.15) is 0 Å². The van der Waals surface area contributed by atoms with Crippen molar-refractivity contribution in [3.63, 3.8) is 0 Å². The van der Waals surface area contributed by atoms with Crippen LogP contribution < -0.4 is 0 Å². The summed E-state index contributed by atoms with van der Waals surface area (Å²) < 4.78 is 10.9. The molecule has 0 spiro atoms. The summed E-state index contributed by atoms with van der Waals surface area (Å²) in [5.74, 6) is 0.518. The number of hydrogen-bond donors (Lipinski definition) is 0. The maximum Gasteiger partial charge on any atom is 0.105 e. The van der Waals surface area contributed by atoms with Gasteiger partial charge in [0.1, 0.15) is 5.60 Å². The summed E-state index contributed by atoms with van der Waals surface area (Å²) in [6.45, 7) is 5.54. The largest absolute Gasteiger partial charge is 0.374 e. The van der Waals surface area contributed by atoms with Crippen LogP contribution in [0.3, 0.4) is 0 Å². The van der Waals surface area contributed by atoms with Gasteiger partial charge in [0.05, 0.1) is 19.1 Å². The molecule has 2 nitrogen and oxygen atoms in total. The van der Waals surface area contributed by atoms with Crippen LogP contribution >= 0.6 is 11.6 Å². The summed E-state index contributed by atoms with van der Waals surface area (Å²) in [6, 6.07) is 0. The molecule has 0 aliphatic carbocycles. The van der Waals surface area contributed by atoms with Crippen LogP contribution in [0.2, 0.25) is 0 Å². The molecule has 1 unspecified atom stereocenters. The molecule has 12 heavy (non-hydrogen) atoms. The molecule has 1 saturated heterocycles. The SMILES string of the molecule is C=CCOCC1(CCl)CCCO1. The van der Waals surface area contributed by atoms with Crippen LogP contribution in [0.4, 0.5) is 0 Å². The van der Waals surface area contributed by atoms with Gasteiger partial charge in [-0.1, -0.05) is 6.08 Å². The molecule has 0 radical (unpaired) electrons. The van der Waals surface area contributed by atoms with E-state index in [1.807, 2.05) is 0 Å². The molecule has 0 amide bonds. The topological polar surface area (TPSA) is 18.5 Å². The molecule has 1 rings (SSSR count). The molecule has 1 heterocycles. The molecular formula is C9H15ClO2. The predicted molar refractivity (Wildman–Crippen MR) is 49.7 cm³/mol. The molecule has 0 N–H and O–H groups in total. The fourth-order valence-corrected chi connectivity index (χ4v) is 1.63. The van der Waals surface area contributed by atoms with E-state index in [0.29, 0.717) is 19.1 Å². The van der Waals surface area contributed by atoms with Crippen molar-refractivity contribution in [3.05, 3.63) is 12.7 Å². The second kappa shape index (κ2) is 4.85. The van der Waals surface area contributed by atoms with Crippen molar-refractivity contribution in [3.8, 4) is 0 Å². The zero-order chi connectivity index (χ0) is 8.86. The lowest BCUT2D eigenvalue weighted by Gasteiger charge is -2.24. The first-order valence-electron chi connectivity index (χ1n) is 4.21. The highest BCUT2D eigenvalue weighted by Gasteiger charge is 2.34. The average Bonchev–Trinajstić information content (AvgIpc) is 2.55. The molecule has 1 aliphatic heterocycles. The predicted octanol–water partition coefficient (Wildman–Crippen LogP) is 1.98. The van der Waals surface area contributed by atoms with Gasteiger partial charge >= 0.3 is 0 Å². The minimum atomic E-state index is -0.218. The molecule has 1 aliphatic rings. The van der Waals surface area contributed by atoms with E-state index < -0.39 is 0 Å². The summed E-state index contributed by atoms with van der Waals surface area (Å²) >= 11 is 5.81. The van der Waals surface area contributed by atoms with Crippen molar-refractivity contribution in [1.82, 2.24) is 0 Å². The number of halogens is 1. The lowest BCUT2D eigenvalue weighted by molar-refractivity contribution is -0.0427. The van der Waals surface area contributed by atoms with E-state index in [4.69, 9.17) is 21.1 Å². The van der Waals surface area contributed by atoms with E-state index in [-0.39, 0.29) is 5.60 Å². The van der Waals surface area contributed by atoms with Crippen LogP contribution in [-0.2, 0) is 9.47 Å². The molecule has 3 heteroatoms. The summed E-state index contributed by atoms with van der Waals surface area (Å²) in [5, 5.41) is 0. The number of hydrogen-bond acceptors (Lipinski definition) is 2. The third-order valence-electron chi connectivity index (χ3n) is 2.03. The Bertz CT molecular complexity index is 141. The molecule has 0 saturated carbocycles. The smallest absolute Gasteiger partial charge is 0.105 e. The van der Waals surface area contributed by atoms with E-state index in [1.54, 1.807) is 6.08 Å². The maximum absolute atomic E-state index is 5.81. The standard InChI is InChI=1S/C9H15ClO2/c1-2-5-11-8-9(7-10)4-3-6-12-9/h2H,1,3-8H2. The number of rotatable bonds is 5. The van der Waals surface area contributed by atoms with E-state index in [2.05, 4.69) is 6.58 Å². The van der Waals surface area contributed by atoms with E-state index >= 15 is 0 Å². The molecular weight excluding hydrogens is 176 g/mol.